The van der Waals surface area contributed by atoms with Crippen LogP contribution >= 0.6 is 22.9 Å². The maximum Gasteiger partial charge on any atom is 0.198 e. The van der Waals surface area contributed by atoms with Crippen LogP contribution in [0.3, 0.4) is 0 Å². The van der Waals surface area contributed by atoms with Gasteiger partial charge < -0.3 is 11.1 Å². The van der Waals surface area contributed by atoms with E-state index in [4.69, 9.17) is 22.3 Å². The lowest BCUT2D eigenvalue weighted by molar-refractivity contribution is 1.13. The minimum atomic E-state index is 0.588. The second-order valence-corrected chi connectivity index (χ2v) is 8.00. The van der Waals surface area contributed by atoms with Crippen LogP contribution < -0.4 is 11.1 Å². The lowest BCUT2D eigenvalue weighted by Crippen LogP contribution is -2.02. The Morgan fingerprint density at radius 1 is 1.22 bits per heavy atom. The molecule has 0 fully saturated rings. The number of anilines is 3. The molecule has 4 rings (SSSR count). The van der Waals surface area contributed by atoms with E-state index >= 15 is 0 Å². The van der Waals surface area contributed by atoms with Crippen molar-refractivity contribution in [2.45, 2.75) is 27.2 Å². The van der Waals surface area contributed by atoms with Crippen molar-refractivity contribution in [1.29, 1.82) is 0 Å². The van der Waals surface area contributed by atoms with Crippen LogP contribution in [0.2, 0.25) is 0 Å². The molecule has 27 heavy (non-hydrogen) atoms. The SMILES string of the molecule is CC1=C(c2nc3sc(N)c(C)n3c2Nc2ccccc2C)C(Cl)=CN=CC1. The first-order valence-corrected chi connectivity index (χ1v) is 9.84. The number of para-hydroxylation sites is 1. The Morgan fingerprint density at radius 2 is 2.00 bits per heavy atom. The van der Waals surface area contributed by atoms with E-state index in [1.54, 1.807) is 6.20 Å². The molecule has 5 nitrogen and oxygen atoms in total. The van der Waals surface area contributed by atoms with Gasteiger partial charge in [-0.25, -0.2) is 4.98 Å². The van der Waals surface area contributed by atoms with Gasteiger partial charge in [-0.1, -0.05) is 46.7 Å². The molecular formula is C20H20ClN5S. The average Bonchev–Trinajstić information content (AvgIpc) is 3.04. The topological polar surface area (TPSA) is 67.7 Å². The molecular weight excluding hydrogens is 378 g/mol. The molecule has 0 bridgehead atoms. The quantitative estimate of drug-likeness (QED) is 0.598. The number of nitrogens with one attached hydrogen (secondary N) is 1. The molecule has 0 amide bonds. The predicted octanol–water partition coefficient (Wildman–Crippen LogP) is 5.67. The molecule has 1 aromatic carbocycles. The number of rotatable bonds is 3. The number of thiazole rings is 1. The number of nitrogens with two attached hydrogens (primary N) is 1. The number of hydrogen-bond donors (Lipinski definition) is 2. The van der Waals surface area contributed by atoms with E-state index < -0.39 is 0 Å². The summed E-state index contributed by atoms with van der Waals surface area (Å²) in [6, 6.07) is 8.17. The standard InChI is InChI=1S/C20H20ClN5S/c1-11-6-4-5-7-15(11)24-19-17(16-12(2)8-9-23-10-14(16)21)25-20-26(19)13(3)18(22)27-20/h4-7,9-10,24H,8,22H2,1-3H3. The number of nitrogens with zero attached hydrogens (tertiary/aromatic N) is 3. The number of aromatic nitrogens is 2. The van der Waals surface area contributed by atoms with Gasteiger partial charge in [0.1, 0.15) is 16.5 Å². The van der Waals surface area contributed by atoms with Gasteiger partial charge in [0.25, 0.3) is 0 Å². The summed E-state index contributed by atoms with van der Waals surface area (Å²) in [7, 11) is 0. The molecule has 0 unspecified atom stereocenters. The normalized spacial score (nSPS) is 14.6. The molecule has 3 heterocycles. The molecule has 7 heteroatoms. The van der Waals surface area contributed by atoms with Crippen molar-refractivity contribution in [3.8, 4) is 0 Å². The lowest BCUT2D eigenvalue weighted by Gasteiger charge is -2.14. The zero-order valence-electron chi connectivity index (χ0n) is 15.4. The minimum Gasteiger partial charge on any atom is -0.389 e. The number of benzene rings is 1. The monoisotopic (exact) mass is 397 g/mol. The summed E-state index contributed by atoms with van der Waals surface area (Å²) in [5.74, 6) is 0.868. The Kier molecular flexibility index (Phi) is 4.53. The van der Waals surface area contributed by atoms with Crippen LogP contribution in [0, 0.1) is 13.8 Å². The Labute approximate surface area is 166 Å². The smallest absolute Gasteiger partial charge is 0.198 e. The van der Waals surface area contributed by atoms with Crippen LogP contribution in [0.25, 0.3) is 10.5 Å². The van der Waals surface area contributed by atoms with Crippen LogP contribution in [-0.4, -0.2) is 15.6 Å². The van der Waals surface area contributed by atoms with E-state index in [1.165, 1.54) is 11.3 Å². The number of hydrogen-bond acceptors (Lipinski definition) is 5. The van der Waals surface area contributed by atoms with Gasteiger partial charge in [-0.3, -0.25) is 9.39 Å². The summed E-state index contributed by atoms with van der Waals surface area (Å²) < 4.78 is 2.07. The number of imidazole rings is 1. The third-order valence-electron chi connectivity index (χ3n) is 4.73. The molecule has 0 spiro atoms. The van der Waals surface area contributed by atoms with E-state index in [9.17, 15) is 0 Å². The van der Waals surface area contributed by atoms with Crippen molar-refractivity contribution in [2.24, 2.45) is 4.99 Å². The van der Waals surface area contributed by atoms with Crippen LogP contribution in [0.15, 0.2) is 46.1 Å². The van der Waals surface area contributed by atoms with Crippen LogP contribution in [0.5, 0.6) is 0 Å². The van der Waals surface area contributed by atoms with E-state index in [2.05, 4.69) is 40.7 Å². The molecule has 0 saturated heterocycles. The summed E-state index contributed by atoms with van der Waals surface area (Å²) in [4.78, 5) is 9.97. The first kappa shape index (κ1) is 17.8. The van der Waals surface area contributed by atoms with Gasteiger partial charge >= 0.3 is 0 Å². The zero-order valence-corrected chi connectivity index (χ0v) is 16.9. The second kappa shape index (κ2) is 6.87. The highest BCUT2D eigenvalue weighted by Gasteiger charge is 2.24. The molecule has 0 aliphatic carbocycles. The van der Waals surface area contributed by atoms with E-state index in [1.807, 2.05) is 25.3 Å². The van der Waals surface area contributed by atoms with Crippen LogP contribution in [0.4, 0.5) is 16.5 Å². The van der Waals surface area contributed by atoms with E-state index in [-0.39, 0.29) is 0 Å². The van der Waals surface area contributed by atoms with Crippen LogP contribution in [-0.2, 0) is 0 Å². The number of halogens is 1. The van der Waals surface area contributed by atoms with Gasteiger partial charge in [-0.05, 0) is 32.4 Å². The maximum atomic E-state index is 6.58. The van der Waals surface area contributed by atoms with Crippen molar-refractivity contribution in [3.63, 3.8) is 0 Å². The predicted molar refractivity (Wildman–Crippen MR) is 116 cm³/mol. The number of aryl methyl sites for hydroxylation is 2. The number of nitrogen functional groups attached to an aromatic ring is 1. The summed E-state index contributed by atoms with van der Waals surface area (Å²) in [5, 5.41) is 4.91. The van der Waals surface area contributed by atoms with Gasteiger partial charge in [0.05, 0.1) is 10.7 Å². The van der Waals surface area contributed by atoms with Crippen molar-refractivity contribution < 1.29 is 0 Å². The van der Waals surface area contributed by atoms with Gasteiger partial charge in [0, 0.05) is 30.1 Å². The van der Waals surface area contributed by atoms with E-state index in [0.29, 0.717) is 5.03 Å². The molecule has 0 saturated carbocycles. The summed E-state index contributed by atoms with van der Waals surface area (Å²) in [5.41, 5.74) is 12.2. The molecule has 138 valence electrons. The number of aliphatic imine (C=N–C) groups is 1. The highest BCUT2D eigenvalue weighted by atomic mass is 35.5. The largest absolute Gasteiger partial charge is 0.389 e. The van der Waals surface area contributed by atoms with Gasteiger partial charge in [-0.15, -0.1) is 0 Å². The fourth-order valence-corrected chi connectivity index (χ4v) is 4.39. The van der Waals surface area contributed by atoms with Gasteiger partial charge in [-0.2, -0.15) is 0 Å². The third-order valence-corrected chi connectivity index (χ3v) is 5.99. The Balaban J connectivity index is 1.98. The molecule has 0 radical (unpaired) electrons. The third kappa shape index (κ3) is 3.05. The first-order chi connectivity index (χ1) is 13.0. The van der Waals surface area contributed by atoms with Crippen molar-refractivity contribution in [3.05, 3.63) is 58.0 Å². The highest BCUT2D eigenvalue weighted by Crippen LogP contribution is 2.40. The Morgan fingerprint density at radius 3 is 2.78 bits per heavy atom. The van der Waals surface area contributed by atoms with Crippen molar-refractivity contribution in [2.75, 3.05) is 11.1 Å². The molecule has 3 aromatic rings. The number of allylic oxidation sites excluding steroid dienone is 3. The summed E-state index contributed by atoms with van der Waals surface area (Å²) in [6.45, 7) is 6.14. The maximum absolute atomic E-state index is 6.58. The fraction of sp³-hybridized carbons (Fsp3) is 0.200. The van der Waals surface area contributed by atoms with Gasteiger partial charge in [0.15, 0.2) is 4.96 Å². The minimum absolute atomic E-state index is 0.588. The second-order valence-electron chi connectivity index (χ2n) is 6.59. The number of fused-ring (bicyclic) bond motifs is 1. The molecule has 1 aliphatic heterocycles. The molecule has 0 atom stereocenters. The molecule has 1 aliphatic rings. The fourth-order valence-electron chi connectivity index (χ4n) is 3.19. The first-order valence-electron chi connectivity index (χ1n) is 8.65. The van der Waals surface area contributed by atoms with Crippen molar-refractivity contribution in [1.82, 2.24) is 9.38 Å². The van der Waals surface area contributed by atoms with Crippen molar-refractivity contribution >= 4 is 56.2 Å². The van der Waals surface area contributed by atoms with Crippen LogP contribution in [0.1, 0.15) is 30.3 Å². The van der Waals surface area contributed by atoms with Gasteiger partial charge in [0.2, 0.25) is 0 Å². The zero-order chi connectivity index (χ0) is 19.1. The molecule has 3 N–H and O–H groups in total. The lowest BCUT2D eigenvalue weighted by atomic mass is 10.0. The summed E-state index contributed by atoms with van der Waals surface area (Å²) >= 11 is 8.05. The Bertz CT molecular complexity index is 1130. The average molecular weight is 398 g/mol. The van der Waals surface area contributed by atoms with E-state index in [0.717, 1.165) is 56.0 Å². The highest BCUT2D eigenvalue weighted by molar-refractivity contribution is 7.20. The molecule has 2 aromatic heterocycles. The Hall–Kier alpha value is -2.57. The summed E-state index contributed by atoms with van der Waals surface area (Å²) in [6.07, 6.45) is 4.28.